The fourth-order valence-electron chi connectivity index (χ4n) is 1.42. The largest absolute Gasteiger partial charge is 0.316 e. The molecular formula is C13H28N2. The Morgan fingerprint density at radius 1 is 1.20 bits per heavy atom. The molecule has 0 amide bonds. The van der Waals surface area contributed by atoms with Crippen LogP contribution in [0, 0.1) is 11.3 Å². The van der Waals surface area contributed by atoms with E-state index in [-0.39, 0.29) is 0 Å². The Morgan fingerprint density at radius 2 is 1.87 bits per heavy atom. The predicted octanol–water partition coefficient (Wildman–Crippen LogP) is 2.40. The van der Waals surface area contributed by atoms with Gasteiger partial charge in [0.1, 0.15) is 0 Å². The van der Waals surface area contributed by atoms with E-state index in [0.29, 0.717) is 5.41 Å². The molecule has 0 heterocycles. The lowest BCUT2D eigenvalue weighted by molar-refractivity contribution is 0.238. The van der Waals surface area contributed by atoms with Gasteiger partial charge in [0.15, 0.2) is 0 Å². The van der Waals surface area contributed by atoms with Gasteiger partial charge in [-0.3, -0.25) is 0 Å². The highest BCUT2D eigenvalue weighted by molar-refractivity contribution is 4.80. The first kappa shape index (κ1) is 13.0. The summed E-state index contributed by atoms with van der Waals surface area (Å²) in [4.78, 5) is 0. The van der Waals surface area contributed by atoms with E-state index in [9.17, 15) is 0 Å². The van der Waals surface area contributed by atoms with Crippen molar-refractivity contribution in [2.24, 2.45) is 11.3 Å². The average Bonchev–Trinajstić information content (AvgIpc) is 2.94. The molecule has 0 aromatic heterocycles. The summed E-state index contributed by atoms with van der Waals surface area (Å²) in [5.41, 5.74) is 0.421. The minimum absolute atomic E-state index is 0.421. The highest BCUT2D eigenvalue weighted by Gasteiger charge is 2.21. The van der Waals surface area contributed by atoms with Crippen LogP contribution in [0.15, 0.2) is 0 Å². The lowest BCUT2D eigenvalue weighted by Gasteiger charge is -2.29. The fourth-order valence-corrected chi connectivity index (χ4v) is 1.42. The van der Waals surface area contributed by atoms with Gasteiger partial charge in [-0.25, -0.2) is 0 Å². The maximum atomic E-state index is 3.56. The highest BCUT2D eigenvalue weighted by Crippen LogP contribution is 2.24. The fraction of sp³-hybridized carbons (Fsp3) is 1.00. The van der Waals surface area contributed by atoms with E-state index in [0.717, 1.165) is 25.0 Å². The molecule has 0 aliphatic heterocycles. The summed E-state index contributed by atoms with van der Waals surface area (Å²) < 4.78 is 0. The van der Waals surface area contributed by atoms with Crippen molar-refractivity contribution in [3.8, 4) is 0 Å². The second-order valence-electron chi connectivity index (χ2n) is 5.90. The van der Waals surface area contributed by atoms with Gasteiger partial charge in [-0.2, -0.15) is 0 Å². The van der Waals surface area contributed by atoms with Crippen molar-refractivity contribution in [2.75, 3.05) is 19.6 Å². The maximum absolute atomic E-state index is 3.56. The first-order chi connectivity index (χ1) is 7.02. The quantitative estimate of drug-likeness (QED) is 0.604. The van der Waals surface area contributed by atoms with Crippen molar-refractivity contribution in [3.05, 3.63) is 0 Å². The van der Waals surface area contributed by atoms with E-state index in [1.54, 1.807) is 0 Å². The summed E-state index contributed by atoms with van der Waals surface area (Å²) in [6, 6.07) is 0.858. The Labute approximate surface area is 95.2 Å². The van der Waals surface area contributed by atoms with Gasteiger partial charge in [0.2, 0.25) is 0 Å². The average molecular weight is 212 g/mol. The normalized spacial score (nSPS) is 17.4. The third-order valence-corrected chi connectivity index (χ3v) is 3.68. The number of hydrogen-bond donors (Lipinski definition) is 2. The molecule has 2 nitrogen and oxygen atoms in total. The van der Waals surface area contributed by atoms with Gasteiger partial charge < -0.3 is 10.6 Å². The van der Waals surface area contributed by atoms with E-state index >= 15 is 0 Å². The van der Waals surface area contributed by atoms with Gasteiger partial charge in [0, 0.05) is 12.6 Å². The lowest BCUT2D eigenvalue weighted by atomic mass is 9.81. The van der Waals surface area contributed by atoms with Crippen molar-refractivity contribution in [1.82, 2.24) is 10.6 Å². The summed E-state index contributed by atoms with van der Waals surface area (Å²) in [6.07, 6.45) is 4.05. The monoisotopic (exact) mass is 212 g/mol. The van der Waals surface area contributed by atoms with Crippen molar-refractivity contribution in [2.45, 2.75) is 53.0 Å². The second kappa shape index (κ2) is 5.86. The maximum Gasteiger partial charge on any atom is 0.00682 e. The predicted molar refractivity (Wildman–Crippen MR) is 67.1 cm³/mol. The van der Waals surface area contributed by atoms with Crippen LogP contribution in [0.3, 0.4) is 0 Å². The van der Waals surface area contributed by atoms with Crippen LogP contribution in [-0.2, 0) is 0 Å². The molecule has 0 radical (unpaired) electrons. The molecule has 90 valence electrons. The van der Waals surface area contributed by atoms with Crippen LogP contribution in [0.4, 0.5) is 0 Å². The Kier molecular flexibility index (Phi) is 5.07. The molecule has 0 aromatic rings. The molecule has 0 aromatic carbocycles. The third kappa shape index (κ3) is 5.53. The van der Waals surface area contributed by atoms with E-state index in [2.05, 4.69) is 38.3 Å². The van der Waals surface area contributed by atoms with E-state index < -0.39 is 0 Å². The zero-order valence-electron chi connectivity index (χ0n) is 10.9. The molecule has 0 spiro atoms. The van der Waals surface area contributed by atoms with Gasteiger partial charge in [-0.1, -0.05) is 27.7 Å². The first-order valence-corrected chi connectivity index (χ1v) is 6.46. The SMILES string of the molecule is CC(C)C(C)(C)CNCCCNC1CC1. The van der Waals surface area contributed by atoms with Crippen LogP contribution >= 0.6 is 0 Å². The molecule has 0 atom stereocenters. The Morgan fingerprint density at radius 3 is 2.40 bits per heavy atom. The van der Waals surface area contributed by atoms with Crippen LogP contribution in [0.1, 0.15) is 47.0 Å². The van der Waals surface area contributed by atoms with Crippen LogP contribution in [0.5, 0.6) is 0 Å². The molecule has 2 heteroatoms. The molecular weight excluding hydrogens is 184 g/mol. The molecule has 1 rings (SSSR count). The van der Waals surface area contributed by atoms with E-state index in [1.165, 1.54) is 25.8 Å². The van der Waals surface area contributed by atoms with Crippen LogP contribution in [0.2, 0.25) is 0 Å². The molecule has 1 aliphatic carbocycles. The number of hydrogen-bond acceptors (Lipinski definition) is 2. The Bertz CT molecular complexity index is 171. The number of nitrogens with one attached hydrogen (secondary N) is 2. The minimum atomic E-state index is 0.421. The standard InChI is InChI=1S/C13H28N2/c1-11(2)13(3,4)10-14-8-5-9-15-12-6-7-12/h11-12,14-15H,5-10H2,1-4H3. The molecule has 0 saturated heterocycles. The van der Waals surface area contributed by atoms with E-state index in [4.69, 9.17) is 0 Å². The van der Waals surface area contributed by atoms with Gasteiger partial charge in [-0.15, -0.1) is 0 Å². The first-order valence-electron chi connectivity index (χ1n) is 6.46. The smallest absolute Gasteiger partial charge is 0.00682 e. The van der Waals surface area contributed by atoms with Gasteiger partial charge >= 0.3 is 0 Å². The topological polar surface area (TPSA) is 24.1 Å². The molecule has 1 aliphatic rings. The van der Waals surface area contributed by atoms with Crippen molar-refractivity contribution in [1.29, 1.82) is 0 Å². The lowest BCUT2D eigenvalue weighted by Crippen LogP contribution is -2.34. The zero-order chi connectivity index (χ0) is 11.3. The van der Waals surface area contributed by atoms with Crippen molar-refractivity contribution >= 4 is 0 Å². The van der Waals surface area contributed by atoms with Crippen LogP contribution in [0.25, 0.3) is 0 Å². The second-order valence-corrected chi connectivity index (χ2v) is 5.90. The summed E-state index contributed by atoms with van der Waals surface area (Å²) in [5.74, 6) is 0.745. The van der Waals surface area contributed by atoms with E-state index in [1.807, 2.05) is 0 Å². The van der Waals surface area contributed by atoms with Gasteiger partial charge in [0.05, 0.1) is 0 Å². The molecule has 1 saturated carbocycles. The molecule has 0 bridgehead atoms. The van der Waals surface area contributed by atoms with Crippen molar-refractivity contribution < 1.29 is 0 Å². The molecule has 0 unspecified atom stereocenters. The summed E-state index contributed by atoms with van der Waals surface area (Å²) in [6.45, 7) is 12.7. The summed E-state index contributed by atoms with van der Waals surface area (Å²) >= 11 is 0. The third-order valence-electron chi connectivity index (χ3n) is 3.68. The zero-order valence-corrected chi connectivity index (χ0v) is 10.9. The molecule has 15 heavy (non-hydrogen) atoms. The number of rotatable bonds is 8. The van der Waals surface area contributed by atoms with Crippen LogP contribution in [-0.4, -0.2) is 25.7 Å². The highest BCUT2D eigenvalue weighted by atomic mass is 15.0. The molecule has 1 fully saturated rings. The Hall–Kier alpha value is -0.0800. The summed E-state index contributed by atoms with van der Waals surface area (Å²) in [5, 5.41) is 7.10. The van der Waals surface area contributed by atoms with Crippen molar-refractivity contribution in [3.63, 3.8) is 0 Å². The minimum Gasteiger partial charge on any atom is -0.316 e. The van der Waals surface area contributed by atoms with Gasteiger partial charge in [-0.05, 0) is 43.7 Å². The Balaban J connectivity index is 1.90. The summed E-state index contributed by atoms with van der Waals surface area (Å²) in [7, 11) is 0. The van der Waals surface area contributed by atoms with Gasteiger partial charge in [0.25, 0.3) is 0 Å². The molecule has 2 N–H and O–H groups in total. The van der Waals surface area contributed by atoms with Crippen LogP contribution < -0.4 is 10.6 Å².